The summed E-state index contributed by atoms with van der Waals surface area (Å²) in [5, 5.41) is 10.4. The SMILES string of the molecule is Cc1nccn1CCCN(C)c1nc2ccc(Br)cc2cc1C#N. The Morgan fingerprint density at radius 3 is 2.88 bits per heavy atom. The monoisotopic (exact) mass is 383 g/mol. The molecule has 122 valence electrons. The van der Waals surface area contributed by atoms with Crippen molar-refractivity contribution in [2.24, 2.45) is 0 Å². The standard InChI is InChI=1S/C18H18BrN5/c1-13-21-6-9-24(13)8-3-7-23(2)18-15(12-20)10-14-11-16(19)4-5-17(14)22-18/h4-6,9-11H,3,7-8H2,1-2H3. The highest BCUT2D eigenvalue weighted by molar-refractivity contribution is 9.10. The van der Waals surface area contributed by atoms with Crippen molar-refractivity contribution >= 4 is 32.7 Å². The molecule has 0 aliphatic carbocycles. The van der Waals surface area contributed by atoms with Gasteiger partial charge in [0.05, 0.1) is 11.1 Å². The summed E-state index contributed by atoms with van der Waals surface area (Å²) in [5.41, 5.74) is 1.49. The second-order valence-electron chi connectivity index (χ2n) is 5.75. The van der Waals surface area contributed by atoms with Gasteiger partial charge in [-0.15, -0.1) is 0 Å². The molecule has 0 bridgehead atoms. The van der Waals surface area contributed by atoms with Crippen LogP contribution in [0.1, 0.15) is 17.8 Å². The summed E-state index contributed by atoms with van der Waals surface area (Å²) in [6, 6.07) is 10.1. The predicted octanol–water partition coefficient (Wildman–Crippen LogP) is 3.90. The minimum Gasteiger partial charge on any atom is -0.358 e. The van der Waals surface area contributed by atoms with Crippen LogP contribution in [0.3, 0.4) is 0 Å². The molecule has 3 rings (SSSR count). The molecule has 5 nitrogen and oxygen atoms in total. The van der Waals surface area contributed by atoms with Gasteiger partial charge in [-0.3, -0.25) is 0 Å². The predicted molar refractivity (Wildman–Crippen MR) is 99.0 cm³/mol. The first-order valence-corrected chi connectivity index (χ1v) is 8.57. The van der Waals surface area contributed by atoms with Gasteiger partial charge in [0.25, 0.3) is 0 Å². The van der Waals surface area contributed by atoms with Gasteiger partial charge in [-0.25, -0.2) is 9.97 Å². The van der Waals surface area contributed by atoms with Crippen LogP contribution in [-0.4, -0.2) is 28.1 Å². The number of aryl methyl sites for hydroxylation is 2. The number of hydrogen-bond donors (Lipinski definition) is 0. The molecule has 0 saturated heterocycles. The molecular weight excluding hydrogens is 366 g/mol. The van der Waals surface area contributed by atoms with E-state index in [1.165, 1.54) is 0 Å². The van der Waals surface area contributed by atoms with Gasteiger partial charge in [0.2, 0.25) is 0 Å². The maximum Gasteiger partial charge on any atom is 0.147 e. The Morgan fingerprint density at radius 1 is 1.33 bits per heavy atom. The third kappa shape index (κ3) is 3.41. The number of halogens is 1. The molecule has 0 fully saturated rings. The molecule has 0 radical (unpaired) electrons. The van der Waals surface area contributed by atoms with Crippen molar-refractivity contribution in [2.45, 2.75) is 19.9 Å². The summed E-state index contributed by atoms with van der Waals surface area (Å²) in [4.78, 5) is 11.0. The summed E-state index contributed by atoms with van der Waals surface area (Å²) >= 11 is 3.46. The summed E-state index contributed by atoms with van der Waals surface area (Å²) in [5.74, 6) is 1.75. The zero-order valence-corrected chi connectivity index (χ0v) is 15.3. The second kappa shape index (κ2) is 7.02. The van der Waals surface area contributed by atoms with Crippen molar-refractivity contribution in [1.29, 1.82) is 5.26 Å². The highest BCUT2D eigenvalue weighted by atomic mass is 79.9. The topological polar surface area (TPSA) is 57.7 Å². The van der Waals surface area contributed by atoms with Crippen molar-refractivity contribution in [1.82, 2.24) is 14.5 Å². The highest BCUT2D eigenvalue weighted by Crippen LogP contribution is 2.25. The molecule has 0 aliphatic heterocycles. The lowest BCUT2D eigenvalue weighted by Gasteiger charge is -2.20. The first kappa shape index (κ1) is 16.5. The Kier molecular flexibility index (Phi) is 4.81. The van der Waals surface area contributed by atoms with Gasteiger partial charge in [-0.2, -0.15) is 5.26 Å². The minimum absolute atomic E-state index is 0.599. The fourth-order valence-electron chi connectivity index (χ4n) is 2.73. The van der Waals surface area contributed by atoms with Gasteiger partial charge in [0.15, 0.2) is 0 Å². The van der Waals surface area contributed by atoms with E-state index in [2.05, 4.69) is 36.5 Å². The van der Waals surface area contributed by atoms with E-state index in [4.69, 9.17) is 0 Å². The van der Waals surface area contributed by atoms with Crippen LogP contribution in [0.5, 0.6) is 0 Å². The smallest absolute Gasteiger partial charge is 0.147 e. The largest absolute Gasteiger partial charge is 0.358 e. The third-order valence-electron chi connectivity index (χ3n) is 4.05. The van der Waals surface area contributed by atoms with E-state index in [-0.39, 0.29) is 0 Å². The number of rotatable bonds is 5. The molecule has 0 N–H and O–H groups in total. The third-order valence-corrected chi connectivity index (χ3v) is 4.55. The summed E-state index contributed by atoms with van der Waals surface area (Å²) in [7, 11) is 1.98. The Balaban J connectivity index is 1.78. The van der Waals surface area contributed by atoms with Crippen molar-refractivity contribution in [3.05, 3.63) is 52.5 Å². The van der Waals surface area contributed by atoms with Gasteiger partial charge < -0.3 is 9.47 Å². The molecule has 0 saturated carbocycles. The average Bonchev–Trinajstić information content (AvgIpc) is 2.98. The Hall–Kier alpha value is -2.39. The molecule has 0 unspecified atom stereocenters. The average molecular weight is 384 g/mol. The molecule has 1 aromatic carbocycles. The van der Waals surface area contributed by atoms with Crippen LogP contribution in [0.2, 0.25) is 0 Å². The fourth-order valence-corrected chi connectivity index (χ4v) is 3.11. The van der Waals surface area contributed by atoms with Crippen LogP contribution in [0.25, 0.3) is 10.9 Å². The Bertz CT molecular complexity index is 909. The lowest BCUT2D eigenvalue weighted by molar-refractivity contribution is 0.621. The molecule has 3 aromatic rings. The zero-order valence-electron chi connectivity index (χ0n) is 13.7. The maximum absolute atomic E-state index is 9.47. The zero-order chi connectivity index (χ0) is 17.1. The van der Waals surface area contributed by atoms with E-state index in [9.17, 15) is 5.26 Å². The van der Waals surface area contributed by atoms with Gasteiger partial charge in [0.1, 0.15) is 17.7 Å². The number of aromatic nitrogens is 3. The van der Waals surface area contributed by atoms with Crippen LogP contribution in [-0.2, 0) is 6.54 Å². The highest BCUT2D eigenvalue weighted by Gasteiger charge is 2.11. The van der Waals surface area contributed by atoms with Crippen LogP contribution < -0.4 is 4.90 Å². The molecule has 0 amide bonds. The number of nitrogens with zero attached hydrogens (tertiary/aromatic N) is 5. The second-order valence-corrected chi connectivity index (χ2v) is 6.67. The summed E-state index contributed by atoms with van der Waals surface area (Å²) in [6.45, 7) is 3.72. The molecule has 24 heavy (non-hydrogen) atoms. The Morgan fingerprint density at radius 2 is 2.17 bits per heavy atom. The first-order valence-electron chi connectivity index (χ1n) is 7.78. The molecule has 6 heteroatoms. The van der Waals surface area contributed by atoms with Crippen molar-refractivity contribution in [3.8, 4) is 6.07 Å². The van der Waals surface area contributed by atoms with Gasteiger partial charge in [0, 0.05) is 42.4 Å². The van der Waals surface area contributed by atoms with Crippen LogP contribution in [0, 0.1) is 18.3 Å². The number of nitriles is 1. The summed E-state index contributed by atoms with van der Waals surface area (Å²) < 4.78 is 3.11. The quantitative estimate of drug-likeness (QED) is 0.670. The molecule has 2 heterocycles. The van der Waals surface area contributed by atoms with E-state index in [1.54, 1.807) is 0 Å². The summed E-state index contributed by atoms with van der Waals surface area (Å²) in [6.07, 6.45) is 4.76. The molecule has 2 aromatic heterocycles. The molecule has 0 spiro atoms. The Labute approximate surface area is 149 Å². The number of imidazole rings is 1. The number of hydrogen-bond acceptors (Lipinski definition) is 4. The first-order chi connectivity index (χ1) is 11.6. The fraction of sp³-hybridized carbons (Fsp3) is 0.278. The lowest BCUT2D eigenvalue weighted by atomic mass is 10.1. The number of fused-ring (bicyclic) bond motifs is 1. The molecule has 0 atom stereocenters. The van der Waals surface area contributed by atoms with Crippen molar-refractivity contribution in [2.75, 3.05) is 18.5 Å². The van der Waals surface area contributed by atoms with Gasteiger partial charge >= 0.3 is 0 Å². The molecule has 0 aliphatic rings. The lowest BCUT2D eigenvalue weighted by Crippen LogP contribution is -2.22. The van der Waals surface area contributed by atoms with E-state index >= 15 is 0 Å². The maximum atomic E-state index is 9.47. The molecular formula is C18H18BrN5. The number of anilines is 1. The van der Waals surface area contributed by atoms with E-state index in [0.29, 0.717) is 5.56 Å². The van der Waals surface area contributed by atoms with Gasteiger partial charge in [-0.1, -0.05) is 15.9 Å². The van der Waals surface area contributed by atoms with Crippen LogP contribution in [0.15, 0.2) is 41.1 Å². The number of benzene rings is 1. The van der Waals surface area contributed by atoms with Gasteiger partial charge in [-0.05, 0) is 37.6 Å². The van der Waals surface area contributed by atoms with Crippen LogP contribution >= 0.6 is 15.9 Å². The van der Waals surface area contributed by atoms with E-state index < -0.39 is 0 Å². The van der Waals surface area contributed by atoms with E-state index in [1.807, 2.05) is 55.5 Å². The number of pyridine rings is 1. The normalized spacial score (nSPS) is 10.8. The minimum atomic E-state index is 0.599. The van der Waals surface area contributed by atoms with Crippen molar-refractivity contribution in [3.63, 3.8) is 0 Å². The van der Waals surface area contributed by atoms with Crippen molar-refractivity contribution < 1.29 is 0 Å². The van der Waals surface area contributed by atoms with E-state index in [0.717, 1.165) is 46.5 Å². The van der Waals surface area contributed by atoms with Crippen LogP contribution in [0.4, 0.5) is 5.82 Å².